The monoisotopic (exact) mass is 311 g/mol. The van der Waals surface area contributed by atoms with E-state index in [9.17, 15) is 0 Å². The summed E-state index contributed by atoms with van der Waals surface area (Å²) in [6.45, 7) is 6.53. The summed E-state index contributed by atoms with van der Waals surface area (Å²) in [4.78, 5) is 4.93. The molecular formula is C14H22BrN3. The molecule has 2 rings (SSSR count). The minimum Gasteiger partial charge on any atom is -0.365 e. The maximum absolute atomic E-state index is 3.57. The number of nitrogens with zero attached hydrogens (tertiary/aromatic N) is 2. The lowest BCUT2D eigenvalue weighted by molar-refractivity contribution is 0.265. The lowest BCUT2D eigenvalue weighted by atomic mass is 10.1. The van der Waals surface area contributed by atoms with Gasteiger partial charge in [-0.25, -0.2) is 0 Å². The average molecular weight is 312 g/mol. The van der Waals surface area contributed by atoms with Crippen LogP contribution in [0.15, 0.2) is 22.7 Å². The third-order valence-corrected chi connectivity index (χ3v) is 4.49. The molecule has 1 fully saturated rings. The number of hydrogen-bond acceptors (Lipinski definition) is 3. The van der Waals surface area contributed by atoms with Crippen molar-refractivity contribution >= 4 is 21.6 Å². The van der Waals surface area contributed by atoms with Gasteiger partial charge in [0, 0.05) is 36.3 Å². The Labute approximate surface area is 118 Å². The molecule has 1 atom stereocenters. The molecule has 0 radical (unpaired) electrons. The Morgan fingerprint density at radius 2 is 2.17 bits per heavy atom. The minimum absolute atomic E-state index is 0.550. The van der Waals surface area contributed by atoms with Gasteiger partial charge >= 0.3 is 0 Å². The number of rotatable bonds is 3. The van der Waals surface area contributed by atoms with Crippen molar-refractivity contribution in [3.8, 4) is 0 Å². The van der Waals surface area contributed by atoms with Gasteiger partial charge in [0.15, 0.2) is 0 Å². The summed E-state index contributed by atoms with van der Waals surface area (Å²) in [5, 5.41) is 3.31. The fourth-order valence-electron chi connectivity index (χ4n) is 2.57. The molecule has 1 N–H and O–H groups in total. The molecule has 0 amide bonds. The zero-order valence-corrected chi connectivity index (χ0v) is 13.0. The Balaban J connectivity index is 2.20. The molecule has 1 heterocycles. The Morgan fingerprint density at radius 3 is 2.83 bits per heavy atom. The molecule has 100 valence electrons. The predicted molar refractivity (Wildman–Crippen MR) is 81.4 cm³/mol. The van der Waals surface area contributed by atoms with Crippen LogP contribution in [0, 0.1) is 6.92 Å². The Morgan fingerprint density at radius 1 is 1.39 bits per heavy atom. The summed E-state index contributed by atoms with van der Waals surface area (Å²) >= 11 is 3.57. The molecule has 3 nitrogen and oxygen atoms in total. The molecule has 1 aromatic carbocycles. The number of anilines is 1. The quantitative estimate of drug-likeness (QED) is 0.922. The second kappa shape index (κ2) is 6.04. The smallest absolute Gasteiger partial charge is 0.0541 e. The molecular weight excluding hydrogens is 290 g/mol. The number of aryl methyl sites for hydroxylation is 1. The summed E-state index contributed by atoms with van der Waals surface area (Å²) in [5.74, 6) is 0. The van der Waals surface area contributed by atoms with Gasteiger partial charge < -0.3 is 15.1 Å². The highest BCUT2D eigenvalue weighted by Crippen LogP contribution is 2.25. The van der Waals surface area contributed by atoms with Crippen molar-refractivity contribution in [2.75, 3.05) is 45.2 Å². The molecule has 0 aliphatic carbocycles. The van der Waals surface area contributed by atoms with Gasteiger partial charge in [0.05, 0.1) is 6.04 Å². The van der Waals surface area contributed by atoms with Crippen molar-refractivity contribution in [2.24, 2.45) is 0 Å². The molecule has 4 heteroatoms. The van der Waals surface area contributed by atoms with Crippen LogP contribution in [0.4, 0.5) is 5.69 Å². The van der Waals surface area contributed by atoms with Gasteiger partial charge in [-0.3, -0.25) is 0 Å². The fourth-order valence-corrected chi connectivity index (χ4v) is 2.82. The van der Waals surface area contributed by atoms with Gasteiger partial charge in [-0.05, 0) is 44.8 Å². The topological polar surface area (TPSA) is 18.5 Å². The second-order valence-corrected chi connectivity index (χ2v) is 5.95. The zero-order chi connectivity index (χ0) is 13.1. The molecule has 0 spiro atoms. The third-order valence-electron chi connectivity index (χ3n) is 3.60. The summed E-state index contributed by atoms with van der Waals surface area (Å²) in [6, 6.07) is 7.19. The standard InChI is InChI=1S/C14H22BrN3/c1-11-8-12(4-5-14(11)15)18-7-6-17(3)10-13(18)9-16-2/h4-5,8,13,16H,6-7,9-10H2,1-3H3. The molecule has 1 aliphatic heterocycles. The Kier molecular flexibility index (Phi) is 4.65. The van der Waals surface area contributed by atoms with Crippen LogP contribution in [0.25, 0.3) is 0 Å². The summed E-state index contributed by atoms with van der Waals surface area (Å²) in [6.07, 6.45) is 0. The zero-order valence-electron chi connectivity index (χ0n) is 11.4. The van der Waals surface area contributed by atoms with Crippen LogP contribution in [0.3, 0.4) is 0 Å². The number of nitrogens with one attached hydrogen (secondary N) is 1. The molecule has 1 unspecified atom stereocenters. The lowest BCUT2D eigenvalue weighted by Crippen LogP contribution is -2.55. The summed E-state index contributed by atoms with van der Waals surface area (Å²) in [5.41, 5.74) is 2.64. The van der Waals surface area contributed by atoms with Crippen LogP contribution in [-0.4, -0.2) is 51.2 Å². The fraction of sp³-hybridized carbons (Fsp3) is 0.571. The number of halogens is 1. The van der Waals surface area contributed by atoms with Gasteiger partial charge in [-0.1, -0.05) is 15.9 Å². The van der Waals surface area contributed by atoms with Crippen molar-refractivity contribution in [1.29, 1.82) is 0 Å². The van der Waals surface area contributed by atoms with E-state index in [0.717, 1.165) is 26.2 Å². The molecule has 0 saturated carbocycles. The van der Waals surface area contributed by atoms with Gasteiger partial charge in [0.25, 0.3) is 0 Å². The molecule has 1 aliphatic rings. The normalized spacial score (nSPS) is 21.3. The van der Waals surface area contributed by atoms with Crippen LogP contribution in [0.5, 0.6) is 0 Å². The Hall–Kier alpha value is -0.580. The van der Waals surface area contributed by atoms with E-state index in [1.54, 1.807) is 0 Å². The van der Waals surface area contributed by atoms with Crippen LogP contribution in [0.1, 0.15) is 5.56 Å². The van der Waals surface area contributed by atoms with Crippen LogP contribution >= 0.6 is 15.9 Å². The van der Waals surface area contributed by atoms with Gasteiger partial charge in [-0.2, -0.15) is 0 Å². The van der Waals surface area contributed by atoms with Gasteiger partial charge in [0.1, 0.15) is 0 Å². The Bertz CT molecular complexity index is 408. The molecule has 1 aromatic rings. The van der Waals surface area contributed by atoms with E-state index in [1.165, 1.54) is 15.7 Å². The molecule has 1 saturated heterocycles. The van der Waals surface area contributed by atoms with Crippen molar-refractivity contribution in [1.82, 2.24) is 10.2 Å². The van der Waals surface area contributed by atoms with Crippen molar-refractivity contribution in [3.05, 3.63) is 28.2 Å². The van der Waals surface area contributed by atoms with Gasteiger partial charge in [-0.15, -0.1) is 0 Å². The van der Waals surface area contributed by atoms with Crippen LogP contribution in [-0.2, 0) is 0 Å². The number of likely N-dealkylation sites (N-methyl/N-ethyl adjacent to an activating group) is 2. The first kappa shape index (κ1) is 13.8. The van der Waals surface area contributed by atoms with Crippen molar-refractivity contribution < 1.29 is 0 Å². The first-order valence-electron chi connectivity index (χ1n) is 6.47. The van der Waals surface area contributed by atoms with E-state index >= 15 is 0 Å². The molecule has 0 bridgehead atoms. The first-order valence-corrected chi connectivity index (χ1v) is 7.27. The lowest BCUT2D eigenvalue weighted by Gasteiger charge is -2.41. The maximum Gasteiger partial charge on any atom is 0.0541 e. The third kappa shape index (κ3) is 3.05. The van der Waals surface area contributed by atoms with E-state index in [-0.39, 0.29) is 0 Å². The SMILES string of the molecule is CNCC1CN(C)CCN1c1ccc(Br)c(C)c1. The first-order chi connectivity index (χ1) is 8.61. The number of piperazine rings is 1. The highest BCUT2D eigenvalue weighted by Gasteiger charge is 2.24. The molecule has 18 heavy (non-hydrogen) atoms. The van der Waals surface area contributed by atoms with E-state index in [0.29, 0.717) is 6.04 Å². The van der Waals surface area contributed by atoms with E-state index in [2.05, 4.69) is 63.2 Å². The van der Waals surface area contributed by atoms with E-state index in [4.69, 9.17) is 0 Å². The minimum atomic E-state index is 0.550. The highest BCUT2D eigenvalue weighted by molar-refractivity contribution is 9.10. The second-order valence-electron chi connectivity index (χ2n) is 5.10. The largest absolute Gasteiger partial charge is 0.365 e. The molecule has 0 aromatic heterocycles. The average Bonchev–Trinajstić information content (AvgIpc) is 2.34. The highest BCUT2D eigenvalue weighted by atomic mass is 79.9. The van der Waals surface area contributed by atoms with Crippen LogP contribution < -0.4 is 10.2 Å². The number of hydrogen-bond donors (Lipinski definition) is 1. The summed E-state index contributed by atoms with van der Waals surface area (Å²) < 4.78 is 1.19. The van der Waals surface area contributed by atoms with Crippen LogP contribution in [0.2, 0.25) is 0 Å². The summed E-state index contributed by atoms with van der Waals surface area (Å²) in [7, 11) is 4.23. The van der Waals surface area contributed by atoms with E-state index in [1.807, 2.05) is 7.05 Å². The van der Waals surface area contributed by atoms with E-state index < -0.39 is 0 Å². The number of benzene rings is 1. The predicted octanol–water partition coefficient (Wildman–Crippen LogP) is 2.10. The van der Waals surface area contributed by atoms with Crippen molar-refractivity contribution in [2.45, 2.75) is 13.0 Å². The van der Waals surface area contributed by atoms with Crippen molar-refractivity contribution in [3.63, 3.8) is 0 Å². The maximum atomic E-state index is 3.57. The van der Waals surface area contributed by atoms with Gasteiger partial charge in [0.2, 0.25) is 0 Å².